The van der Waals surface area contributed by atoms with E-state index in [-0.39, 0.29) is 4.90 Å². The lowest BCUT2D eigenvalue weighted by molar-refractivity contribution is 0.443. The van der Waals surface area contributed by atoms with Crippen LogP contribution in [-0.4, -0.2) is 15.0 Å². The van der Waals surface area contributed by atoms with E-state index in [0.717, 1.165) is 25.7 Å². The van der Waals surface area contributed by atoms with Gasteiger partial charge in [-0.15, -0.1) is 0 Å². The van der Waals surface area contributed by atoms with E-state index in [4.69, 9.17) is 5.73 Å². The number of halogens is 1. The van der Waals surface area contributed by atoms with Crippen molar-refractivity contribution >= 4 is 31.6 Å². The second kappa shape index (κ2) is 8.15. The summed E-state index contributed by atoms with van der Waals surface area (Å²) in [5.41, 5.74) is 6.91. The predicted molar refractivity (Wildman–Crippen MR) is 91.8 cm³/mol. The Morgan fingerprint density at radius 2 is 2.00 bits per heavy atom. The van der Waals surface area contributed by atoms with E-state index < -0.39 is 10.0 Å². The number of hydrogen-bond donors (Lipinski definition) is 2. The summed E-state index contributed by atoms with van der Waals surface area (Å²) in [7, 11) is -3.53. The van der Waals surface area contributed by atoms with Crippen molar-refractivity contribution in [1.82, 2.24) is 4.72 Å². The van der Waals surface area contributed by atoms with Gasteiger partial charge in [-0.05, 0) is 37.0 Å². The molecule has 0 radical (unpaired) electrons. The third-order valence-electron chi connectivity index (χ3n) is 3.76. The third kappa shape index (κ3) is 5.27. The summed E-state index contributed by atoms with van der Waals surface area (Å²) in [5.74, 6) is 0.379. The Hall–Kier alpha value is -0.590. The Morgan fingerprint density at radius 3 is 2.57 bits per heavy atom. The summed E-state index contributed by atoms with van der Waals surface area (Å²) in [6.07, 6.45) is 4.28. The van der Waals surface area contributed by atoms with Gasteiger partial charge in [0, 0.05) is 16.7 Å². The lowest BCUT2D eigenvalue weighted by Gasteiger charge is -2.17. The van der Waals surface area contributed by atoms with Gasteiger partial charge in [-0.3, -0.25) is 0 Å². The highest BCUT2D eigenvalue weighted by Gasteiger charge is 2.20. The van der Waals surface area contributed by atoms with E-state index in [1.165, 1.54) is 0 Å². The number of unbranched alkanes of at least 4 members (excludes halogenated alkanes) is 1. The van der Waals surface area contributed by atoms with Crippen LogP contribution in [-0.2, 0) is 10.0 Å². The van der Waals surface area contributed by atoms with Crippen LogP contribution >= 0.6 is 15.9 Å². The molecule has 120 valence electrons. The Morgan fingerprint density at radius 1 is 1.33 bits per heavy atom. The first-order valence-electron chi connectivity index (χ1n) is 7.37. The fourth-order valence-electron chi connectivity index (χ4n) is 2.20. The van der Waals surface area contributed by atoms with Gasteiger partial charge >= 0.3 is 0 Å². The zero-order valence-corrected chi connectivity index (χ0v) is 15.4. The quantitative estimate of drug-likeness (QED) is 0.677. The predicted octanol–water partition coefficient (Wildman–Crippen LogP) is 3.83. The molecule has 0 saturated carbocycles. The SMILES string of the molecule is CCCCC(CC)CNS(=O)(=O)c1cc(Br)cc(N)c1C. The Kier molecular flexibility index (Phi) is 7.16. The van der Waals surface area contributed by atoms with E-state index >= 15 is 0 Å². The molecule has 0 aliphatic rings. The van der Waals surface area contributed by atoms with Gasteiger partial charge in [0.15, 0.2) is 0 Å². The van der Waals surface area contributed by atoms with Gasteiger partial charge < -0.3 is 5.73 Å². The average molecular weight is 377 g/mol. The summed E-state index contributed by atoms with van der Waals surface area (Å²) in [6.45, 7) is 6.44. The van der Waals surface area contributed by atoms with Crippen LogP contribution in [0.15, 0.2) is 21.5 Å². The molecule has 4 nitrogen and oxygen atoms in total. The maximum Gasteiger partial charge on any atom is 0.240 e. The third-order valence-corrected chi connectivity index (χ3v) is 5.77. The summed E-state index contributed by atoms with van der Waals surface area (Å²) in [6, 6.07) is 3.31. The number of rotatable bonds is 8. The van der Waals surface area contributed by atoms with Crippen molar-refractivity contribution in [2.24, 2.45) is 5.92 Å². The molecule has 0 saturated heterocycles. The number of nitrogens with two attached hydrogens (primary N) is 1. The van der Waals surface area contributed by atoms with Crippen LogP contribution in [0.3, 0.4) is 0 Å². The highest BCUT2D eigenvalue weighted by atomic mass is 79.9. The monoisotopic (exact) mass is 376 g/mol. The zero-order chi connectivity index (χ0) is 16.0. The van der Waals surface area contributed by atoms with Crippen molar-refractivity contribution in [1.29, 1.82) is 0 Å². The standard InChI is InChI=1S/C15H25BrN2O2S/c1-4-6-7-12(5-2)10-18-21(19,20)15-9-13(16)8-14(17)11(15)3/h8-9,12,18H,4-7,10,17H2,1-3H3. The molecule has 1 aromatic rings. The molecule has 0 aromatic heterocycles. The van der Waals surface area contributed by atoms with E-state index in [9.17, 15) is 8.42 Å². The lowest BCUT2D eigenvalue weighted by Crippen LogP contribution is -2.30. The van der Waals surface area contributed by atoms with Crippen LogP contribution in [0.2, 0.25) is 0 Å². The molecule has 0 heterocycles. The molecule has 1 rings (SSSR count). The van der Waals surface area contributed by atoms with Crippen molar-refractivity contribution in [3.05, 3.63) is 22.2 Å². The number of sulfonamides is 1. The highest BCUT2D eigenvalue weighted by Crippen LogP contribution is 2.26. The van der Waals surface area contributed by atoms with Crippen LogP contribution in [0.25, 0.3) is 0 Å². The number of benzene rings is 1. The summed E-state index contributed by atoms with van der Waals surface area (Å²) in [4.78, 5) is 0.250. The minimum absolute atomic E-state index is 0.250. The van der Waals surface area contributed by atoms with Crippen LogP contribution in [0.1, 0.15) is 45.1 Å². The minimum Gasteiger partial charge on any atom is -0.398 e. The molecule has 0 aliphatic heterocycles. The Labute approximate surface area is 136 Å². The molecule has 0 spiro atoms. The molecule has 3 N–H and O–H groups in total. The average Bonchev–Trinajstić information content (AvgIpc) is 2.43. The van der Waals surface area contributed by atoms with Gasteiger partial charge in [0.05, 0.1) is 4.90 Å². The number of hydrogen-bond acceptors (Lipinski definition) is 3. The van der Waals surface area contributed by atoms with Crippen molar-refractivity contribution in [3.8, 4) is 0 Å². The normalized spacial score (nSPS) is 13.3. The summed E-state index contributed by atoms with van der Waals surface area (Å²) >= 11 is 3.30. The van der Waals surface area contributed by atoms with E-state index in [1.807, 2.05) is 0 Å². The molecule has 0 amide bonds. The van der Waals surface area contributed by atoms with Gasteiger partial charge in [0.1, 0.15) is 0 Å². The molecular weight excluding hydrogens is 352 g/mol. The molecular formula is C15H25BrN2O2S. The van der Waals surface area contributed by atoms with Gasteiger partial charge in [0.25, 0.3) is 0 Å². The molecule has 21 heavy (non-hydrogen) atoms. The largest absolute Gasteiger partial charge is 0.398 e. The Bertz CT molecular complexity index is 573. The number of nitrogen functional groups attached to an aromatic ring is 1. The van der Waals surface area contributed by atoms with Gasteiger partial charge in [-0.25, -0.2) is 13.1 Å². The van der Waals surface area contributed by atoms with Crippen molar-refractivity contribution < 1.29 is 8.42 Å². The molecule has 6 heteroatoms. The van der Waals surface area contributed by atoms with Gasteiger partial charge in [-0.1, -0.05) is 49.0 Å². The molecule has 0 bridgehead atoms. The summed E-state index contributed by atoms with van der Waals surface area (Å²) < 4.78 is 28.3. The van der Waals surface area contributed by atoms with Crippen LogP contribution < -0.4 is 10.5 Å². The molecule has 0 fully saturated rings. The Balaban J connectivity index is 2.87. The number of anilines is 1. The van der Waals surface area contributed by atoms with E-state index in [2.05, 4.69) is 34.5 Å². The van der Waals surface area contributed by atoms with Gasteiger partial charge in [-0.2, -0.15) is 0 Å². The molecule has 1 aromatic carbocycles. The van der Waals surface area contributed by atoms with Crippen molar-refractivity contribution in [2.45, 2.75) is 51.3 Å². The maximum atomic E-state index is 12.5. The van der Waals surface area contributed by atoms with Crippen LogP contribution in [0.4, 0.5) is 5.69 Å². The maximum absolute atomic E-state index is 12.5. The second-order valence-electron chi connectivity index (χ2n) is 5.39. The topological polar surface area (TPSA) is 72.2 Å². The first-order valence-corrected chi connectivity index (χ1v) is 9.64. The first-order chi connectivity index (χ1) is 9.81. The molecule has 0 aliphatic carbocycles. The second-order valence-corrected chi connectivity index (χ2v) is 8.04. The fourth-order valence-corrected chi connectivity index (χ4v) is 4.24. The van der Waals surface area contributed by atoms with Crippen molar-refractivity contribution in [3.63, 3.8) is 0 Å². The smallest absolute Gasteiger partial charge is 0.240 e. The van der Waals surface area contributed by atoms with E-state index in [0.29, 0.717) is 28.2 Å². The van der Waals surface area contributed by atoms with Gasteiger partial charge in [0.2, 0.25) is 10.0 Å². The molecule has 1 unspecified atom stereocenters. The molecule has 1 atom stereocenters. The van der Waals surface area contributed by atoms with Crippen LogP contribution in [0, 0.1) is 12.8 Å². The first kappa shape index (κ1) is 18.5. The van der Waals surface area contributed by atoms with Crippen molar-refractivity contribution in [2.75, 3.05) is 12.3 Å². The van der Waals surface area contributed by atoms with E-state index in [1.54, 1.807) is 19.1 Å². The zero-order valence-electron chi connectivity index (χ0n) is 12.9. The summed E-state index contributed by atoms with van der Waals surface area (Å²) in [5, 5.41) is 0. The number of nitrogens with one attached hydrogen (secondary N) is 1. The highest BCUT2D eigenvalue weighted by molar-refractivity contribution is 9.10. The fraction of sp³-hybridized carbons (Fsp3) is 0.600. The lowest BCUT2D eigenvalue weighted by atomic mass is 10.00. The van der Waals surface area contributed by atoms with Crippen LogP contribution in [0.5, 0.6) is 0 Å². The minimum atomic E-state index is -3.53.